The van der Waals surface area contributed by atoms with Crippen LogP contribution in [0.2, 0.25) is 0 Å². The Bertz CT molecular complexity index is 782. The van der Waals surface area contributed by atoms with Crippen molar-refractivity contribution in [2.24, 2.45) is 0 Å². The van der Waals surface area contributed by atoms with Gasteiger partial charge < -0.3 is 14.7 Å². The maximum Gasteiger partial charge on any atom is 0.411 e. The summed E-state index contributed by atoms with van der Waals surface area (Å²) in [4.78, 5) is 40.1. The normalized spacial score (nSPS) is 19.6. The van der Waals surface area contributed by atoms with Crippen molar-refractivity contribution in [3.63, 3.8) is 0 Å². The van der Waals surface area contributed by atoms with E-state index in [1.54, 1.807) is 28.0 Å². The molecule has 0 unspecified atom stereocenters. The zero-order chi connectivity index (χ0) is 21.2. The molecule has 29 heavy (non-hydrogen) atoms. The largest absolute Gasteiger partial charge is 0.478 e. The number of rotatable bonds is 5. The Labute approximate surface area is 171 Å². The molecule has 0 bridgehead atoms. The van der Waals surface area contributed by atoms with Crippen molar-refractivity contribution in [2.75, 3.05) is 19.6 Å². The van der Waals surface area contributed by atoms with E-state index in [4.69, 9.17) is 4.74 Å². The molecular formula is C22H30N2O5. The zero-order valence-electron chi connectivity index (χ0n) is 17.4. The molecule has 1 aliphatic carbocycles. The van der Waals surface area contributed by atoms with Gasteiger partial charge in [-0.25, -0.2) is 9.59 Å². The van der Waals surface area contributed by atoms with Gasteiger partial charge in [-0.05, 0) is 64.2 Å². The van der Waals surface area contributed by atoms with E-state index in [9.17, 15) is 19.5 Å². The third kappa shape index (κ3) is 5.71. The number of carboxylic acids is 1. The fourth-order valence-electron chi connectivity index (χ4n) is 3.70. The van der Waals surface area contributed by atoms with Gasteiger partial charge in [0, 0.05) is 25.0 Å². The molecule has 1 aliphatic heterocycles. The monoisotopic (exact) mass is 402 g/mol. The number of ether oxygens (including phenoxy) is 1. The van der Waals surface area contributed by atoms with Gasteiger partial charge in [0.25, 0.3) is 0 Å². The Hall–Kier alpha value is -2.57. The van der Waals surface area contributed by atoms with Crippen molar-refractivity contribution in [3.05, 3.63) is 35.4 Å². The van der Waals surface area contributed by atoms with Crippen LogP contribution in [0.5, 0.6) is 0 Å². The molecule has 0 radical (unpaired) electrons. The summed E-state index contributed by atoms with van der Waals surface area (Å²) in [5.41, 5.74) is 0.600. The molecule has 1 aromatic rings. The van der Waals surface area contributed by atoms with Gasteiger partial charge in [0.15, 0.2) is 0 Å². The van der Waals surface area contributed by atoms with Gasteiger partial charge in [-0.3, -0.25) is 9.69 Å². The van der Waals surface area contributed by atoms with Gasteiger partial charge in [-0.15, -0.1) is 0 Å². The predicted molar refractivity (Wildman–Crippen MR) is 108 cm³/mol. The van der Waals surface area contributed by atoms with Crippen LogP contribution in [0.3, 0.4) is 0 Å². The Balaban J connectivity index is 1.65. The number of carbonyl (C=O) groups excluding carboxylic acids is 2. The number of carboxylic acid groups (broad SMARTS) is 1. The van der Waals surface area contributed by atoms with E-state index in [0.717, 1.165) is 31.2 Å². The number of nitrogens with zero attached hydrogens (tertiary/aromatic N) is 2. The number of aromatic carboxylic acids is 1. The quantitative estimate of drug-likeness (QED) is 0.815. The van der Waals surface area contributed by atoms with E-state index in [1.165, 1.54) is 0 Å². The number of likely N-dealkylation sites (tertiary alicyclic amines) is 1. The van der Waals surface area contributed by atoms with Crippen molar-refractivity contribution in [3.8, 4) is 0 Å². The summed E-state index contributed by atoms with van der Waals surface area (Å²) in [6, 6.07) is 7.02. The van der Waals surface area contributed by atoms with Gasteiger partial charge in [0.05, 0.1) is 5.56 Å². The minimum absolute atomic E-state index is 0.0292. The molecule has 1 saturated carbocycles. The van der Waals surface area contributed by atoms with E-state index in [0.29, 0.717) is 13.1 Å². The molecule has 0 aromatic heterocycles. The second-order valence-electron chi connectivity index (χ2n) is 8.95. The summed E-state index contributed by atoms with van der Waals surface area (Å²) in [5.74, 6) is -0.933. The number of hydrogen-bond donors (Lipinski definition) is 1. The molecule has 1 aromatic carbocycles. The van der Waals surface area contributed by atoms with Crippen LogP contribution in [0.25, 0.3) is 0 Å². The second kappa shape index (κ2) is 8.43. The lowest BCUT2D eigenvalue weighted by molar-refractivity contribution is -0.133. The number of carbonyl (C=O) groups is 3. The Morgan fingerprint density at radius 1 is 1.21 bits per heavy atom. The van der Waals surface area contributed by atoms with E-state index in [-0.39, 0.29) is 30.0 Å². The van der Waals surface area contributed by atoms with E-state index in [2.05, 4.69) is 0 Å². The minimum atomic E-state index is -0.951. The van der Waals surface area contributed by atoms with Crippen LogP contribution in [0, 0.1) is 0 Å². The average molecular weight is 402 g/mol. The lowest BCUT2D eigenvalue weighted by Gasteiger charge is -2.35. The summed E-state index contributed by atoms with van der Waals surface area (Å²) < 4.78 is 5.48. The highest BCUT2D eigenvalue weighted by Crippen LogP contribution is 2.30. The second-order valence-corrected chi connectivity index (χ2v) is 8.95. The molecule has 7 nitrogen and oxygen atoms in total. The molecule has 3 rings (SSSR count). The lowest BCUT2D eigenvalue weighted by atomic mass is 9.89. The van der Waals surface area contributed by atoms with Crippen molar-refractivity contribution in [1.29, 1.82) is 0 Å². The highest BCUT2D eigenvalue weighted by atomic mass is 16.6. The average Bonchev–Trinajstić information content (AvgIpc) is 3.49. The summed E-state index contributed by atoms with van der Waals surface area (Å²) in [7, 11) is 0. The Kier molecular flexibility index (Phi) is 6.15. The van der Waals surface area contributed by atoms with Crippen molar-refractivity contribution >= 4 is 18.0 Å². The highest BCUT2D eigenvalue weighted by Gasteiger charge is 2.37. The van der Waals surface area contributed by atoms with Gasteiger partial charge in [-0.2, -0.15) is 0 Å². The first-order chi connectivity index (χ1) is 13.6. The van der Waals surface area contributed by atoms with Crippen LogP contribution in [-0.2, 0) is 9.53 Å². The van der Waals surface area contributed by atoms with Gasteiger partial charge in [0.2, 0.25) is 5.91 Å². The fraction of sp³-hybridized carbons (Fsp3) is 0.591. The first kappa shape index (κ1) is 21.1. The first-order valence-corrected chi connectivity index (χ1v) is 10.2. The van der Waals surface area contributed by atoms with Crippen LogP contribution in [0.1, 0.15) is 68.3 Å². The molecule has 1 heterocycles. The van der Waals surface area contributed by atoms with E-state index < -0.39 is 17.7 Å². The molecule has 7 heteroatoms. The maximum atomic E-state index is 12.9. The zero-order valence-corrected chi connectivity index (χ0v) is 17.4. The SMILES string of the molecule is CC(C)(C)OC(=O)N(CC(=O)N1CCC[C@H](c2cccc(C(=O)O)c2)C1)C1CC1. The summed E-state index contributed by atoms with van der Waals surface area (Å²) in [6.07, 6.45) is 3.12. The molecule has 2 aliphatic rings. The number of amides is 2. The Morgan fingerprint density at radius 2 is 1.93 bits per heavy atom. The molecule has 1 atom stereocenters. The molecule has 2 fully saturated rings. The summed E-state index contributed by atoms with van der Waals surface area (Å²) in [6.45, 7) is 6.67. The number of piperidine rings is 1. The smallest absolute Gasteiger partial charge is 0.411 e. The minimum Gasteiger partial charge on any atom is -0.478 e. The molecule has 158 valence electrons. The van der Waals surface area contributed by atoms with Crippen LogP contribution < -0.4 is 0 Å². The highest BCUT2D eigenvalue weighted by molar-refractivity contribution is 5.87. The van der Waals surface area contributed by atoms with E-state index >= 15 is 0 Å². The topological polar surface area (TPSA) is 87.2 Å². The van der Waals surface area contributed by atoms with Crippen LogP contribution in [-0.4, -0.2) is 64.2 Å². The molecular weight excluding hydrogens is 372 g/mol. The number of benzene rings is 1. The van der Waals surface area contributed by atoms with Crippen LogP contribution in [0.4, 0.5) is 4.79 Å². The molecule has 1 saturated heterocycles. The maximum absolute atomic E-state index is 12.9. The molecule has 2 amide bonds. The number of hydrogen-bond acceptors (Lipinski definition) is 4. The van der Waals surface area contributed by atoms with Gasteiger partial charge in [0.1, 0.15) is 12.1 Å². The standard InChI is InChI=1S/C22H30N2O5/c1-22(2,3)29-21(28)24(18-9-10-18)14-19(25)23-11-5-8-17(13-23)15-6-4-7-16(12-15)20(26)27/h4,6-7,12,17-18H,5,8-11,13-14H2,1-3H3,(H,26,27)/t17-/m0/s1. The summed E-state index contributed by atoms with van der Waals surface area (Å²) >= 11 is 0. The van der Waals surface area contributed by atoms with Crippen LogP contribution in [0.15, 0.2) is 24.3 Å². The van der Waals surface area contributed by atoms with Gasteiger partial charge >= 0.3 is 12.1 Å². The Morgan fingerprint density at radius 3 is 2.55 bits per heavy atom. The molecule has 1 N–H and O–H groups in total. The fourth-order valence-corrected chi connectivity index (χ4v) is 3.70. The van der Waals surface area contributed by atoms with Crippen molar-refractivity contribution in [2.45, 2.75) is 64.0 Å². The van der Waals surface area contributed by atoms with Crippen molar-refractivity contribution < 1.29 is 24.2 Å². The third-order valence-electron chi connectivity index (χ3n) is 5.30. The van der Waals surface area contributed by atoms with Gasteiger partial charge in [-0.1, -0.05) is 12.1 Å². The van der Waals surface area contributed by atoms with E-state index in [1.807, 2.05) is 26.8 Å². The van der Waals surface area contributed by atoms with Crippen molar-refractivity contribution in [1.82, 2.24) is 9.80 Å². The lowest BCUT2D eigenvalue weighted by Crippen LogP contribution is -2.48. The third-order valence-corrected chi connectivity index (χ3v) is 5.30. The molecule has 0 spiro atoms. The van der Waals surface area contributed by atoms with Crippen LogP contribution >= 0.6 is 0 Å². The summed E-state index contributed by atoms with van der Waals surface area (Å²) in [5, 5.41) is 9.22. The first-order valence-electron chi connectivity index (χ1n) is 10.2. The predicted octanol–water partition coefficient (Wildman–Crippen LogP) is 3.49.